The SMILES string of the molecule is CC(=O)N1C=Cc2ccccc2-c2ccccc21. The average Bonchev–Trinajstić information content (AvgIpc) is 2.56. The van der Waals surface area contributed by atoms with E-state index in [2.05, 4.69) is 18.2 Å². The van der Waals surface area contributed by atoms with E-state index in [-0.39, 0.29) is 5.91 Å². The first-order valence-electron chi connectivity index (χ1n) is 5.94. The zero-order valence-electron chi connectivity index (χ0n) is 10.1. The highest BCUT2D eigenvalue weighted by molar-refractivity contribution is 6.01. The molecular weight excluding hydrogens is 222 g/mol. The van der Waals surface area contributed by atoms with E-state index in [9.17, 15) is 4.79 Å². The van der Waals surface area contributed by atoms with Crippen LogP contribution in [0.4, 0.5) is 5.69 Å². The molecule has 0 atom stereocenters. The minimum absolute atomic E-state index is 0.0199. The van der Waals surface area contributed by atoms with Crippen LogP contribution in [0.15, 0.2) is 54.7 Å². The van der Waals surface area contributed by atoms with Crippen molar-refractivity contribution in [1.29, 1.82) is 0 Å². The molecule has 0 bridgehead atoms. The Morgan fingerprint density at radius 2 is 1.61 bits per heavy atom. The molecule has 88 valence electrons. The maximum absolute atomic E-state index is 11.7. The van der Waals surface area contributed by atoms with E-state index >= 15 is 0 Å². The number of fused-ring (bicyclic) bond motifs is 3. The van der Waals surface area contributed by atoms with Gasteiger partial charge in [-0.2, -0.15) is 0 Å². The minimum atomic E-state index is 0.0199. The number of benzene rings is 2. The van der Waals surface area contributed by atoms with Crippen LogP contribution < -0.4 is 4.90 Å². The number of para-hydroxylation sites is 1. The van der Waals surface area contributed by atoms with Crippen LogP contribution in [0.5, 0.6) is 0 Å². The molecule has 18 heavy (non-hydrogen) atoms. The predicted molar refractivity (Wildman–Crippen MR) is 74.1 cm³/mol. The molecule has 0 unspecified atom stereocenters. The smallest absolute Gasteiger partial charge is 0.227 e. The Balaban J connectivity index is 2.31. The fourth-order valence-electron chi connectivity index (χ4n) is 2.31. The Kier molecular flexibility index (Phi) is 2.49. The first kappa shape index (κ1) is 10.8. The van der Waals surface area contributed by atoms with E-state index in [0.29, 0.717) is 0 Å². The normalized spacial score (nSPS) is 12.6. The van der Waals surface area contributed by atoms with Gasteiger partial charge in [0.15, 0.2) is 0 Å². The van der Waals surface area contributed by atoms with Gasteiger partial charge < -0.3 is 0 Å². The van der Waals surface area contributed by atoms with Crippen molar-refractivity contribution in [1.82, 2.24) is 0 Å². The van der Waals surface area contributed by atoms with Gasteiger partial charge in [0.05, 0.1) is 5.69 Å². The number of hydrogen-bond acceptors (Lipinski definition) is 1. The van der Waals surface area contributed by atoms with Gasteiger partial charge in [-0.15, -0.1) is 0 Å². The Morgan fingerprint density at radius 1 is 0.944 bits per heavy atom. The van der Waals surface area contributed by atoms with Gasteiger partial charge in [-0.1, -0.05) is 42.5 Å². The van der Waals surface area contributed by atoms with Crippen molar-refractivity contribution >= 4 is 17.7 Å². The summed E-state index contributed by atoms with van der Waals surface area (Å²) in [6.45, 7) is 1.58. The highest BCUT2D eigenvalue weighted by Crippen LogP contribution is 2.36. The molecule has 0 radical (unpaired) electrons. The molecule has 1 aliphatic heterocycles. The van der Waals surface area contributed by atoms with Crippen LogP contribution in [0.1, 0.15) is 12.5 Å². The van der Waals surface area contributed by atoms with Gasteiger partial charge in [-0.3, -0.25) is 9.69 Å². The lowest BCUT2D eigenvalue weighted by molar-refractivity contribution is -0.115. The zero-order valence-corrected chi connectivity index (χ0v) is 10.1. The van der Waals surface area contributed by atoms with Gasteiger partial charge in [0.2, 0.25) is 5.91 Å². The molecule has 2 aromatic rings. The van der Waals surface area contributed by atoms with Crippen LogP contribution in [-0.2, 0) is 4.79 Å². The molecule has 0 aromatic heterocycles. The van der Waals surface area contributed by atoms with Crippen LogP contribution >= 0.6 is 0 Å². The standard InChI is InChI=1S/C16H13NO/c1-12(18)17-11-10-13-6-2-3-7-14(13)15-8-4-5-9-16(15)17/h2-11H,1H3. The summed E-state index contributed by atoms with van der Waals surface area (Å²) in [6, 6.07) is 16.2. The highest BCUT2D eigenvalue weighted by atomic mass is 16.2. The lowest BCUT2D eigenvalue weighted by Crippen LogP contribution is -2.21. The number of rotatable bonds is 0. The van der Waals surface area contributed by atoms with Gasteiger partial charge in [0, 0.05) is 18.7 Å². The molecule has 2 nitrogen and oxygen atoms in total. The number of amides is 1. The summed E-state index contributed by atoms with van der Waals surface area (Å²) in [5.41, 5.74) is 4.32. The molecule has 1 aliphatic rings. The van der Waals surface area contributed by atoms with E-state index < -0.39 is 0 Å². The summed E-state index contributed by atoms with van der Waals surface area (Å²) >= 11 is 0. The molecule has 1 heterocycles. The highest BCUT2D eigenvalue weighted by Gasteiger charge is 2.17. The zero-order chi connectivity index (χ0) is 12.5. The lowest BCUT2D eigenvalue weighted by Gasteiger charge is -2.18. The number of nitrogens with zero attached hydrogens (tertiary/aromatic N) is 1. The second-order valence-electron chi connectivity index (χ2n) is 4.31. The van der Waals surface area contributed by atoms with E-state index in [4.69, 9.17) is 0 Å². The van der Waals surface area contributed by atoms with Crippen molar-refractivity contribution in [3.05, 3.63) is 60.3 Å². The first-order chi connectivity index (χ1) is 8.77. The number of hydrogen-bond donors (Lipinski definition) is 0. The average molecular weight is 235 g/mol. The minimum Gasteiger partial charge on any atom is -0.287 e. The Morgan fingerprint density at radius 3 is 2.39 bits per heavy atom. The van der Waals surface area contributed by atoms with Crippen molar-refractivity contribution in [3.8, 4) is 11.1 Å². The predicted octanol–water partition coefficient (Wildman–Crippen LogP) is 3.69. The van der Waals surface area contributed by atoms with Crippen molar-refractivity contribution < 1.29 is 4.79 Å². The van der Waals surface area contributed by atoms with Gasteiger partial charge >= 0.3 is 0 Å². The van der Waals surface area contributed by atoms with E-state index in [0.717, 1.165) is 22.4 Å². The fraction of sp³-hybridized carbons (Fsp3) is 0.0625. The second-order valence-corrected chi connectivity index (χ2v) is 4.31. The summed E-state index contributed by atoms with van der Waals surface area (Å²) in [7, 11) is 0. The lowest BCUT2D eigenvalue weighted by atomic mass is 9.99. The maximum atomic E-state index is 11.7. The van der Waals surface area contributed by atoms with Gasteiger partial charge in [-0.25, -0.2) is 0 Å². The largest absolute Gasteiger partial charge is 0.287 e. The maximum Gasteiger partial charge on any atom is 0.227 e. The third kappa shape index (κ3) is 1.63. The Hall–Kier alpha value is -2.35. The first-order valence-corrected chi connectivity index (χ1v) is 5.94. The molecule has 0 saturated carbocycles. The number of anilines is 1. The summed E-state index contributed by atoms with van der Waals surface area (Å²) < 4.78 is 0. The molecule has 2 aromatic carbocycles. The molecular formula is C16H13NO. The molecule has 0 spiro atoms. The Labute approximate surface area is 106 Å². The van der Waals surface area contributed by atoms with E-state index in [1.807, 2.05) is 42.6 Å². The summed E-state index contributed by atoms with van der Waals surface area (Å²) in [5, 5.41) is 0. The van der Waals surface area contributed by atoms with Gasteiger partial charge in [-0.05, 0) is 23.3 Å². The van der Waals surface area contributed by atoms with Crippen LogP contribution in [0.25, 0.3) is 17.2 Å². The van der Waals surface area contributed by atoms with Crippen LogP contribution in [0.3, 0.4) is 0 Å². The monoisotopic (exact) mass is 235 g/mol. The summed E-state index contributed by atoms with van der Waals surface area (Å²) in [5.74, 6) is 0.0199. The Bertz CT molecular complexity index is 643. The molecule has 1 amide bonds. The number of carbonyl (C=O) groups excluding carboxylic acids is 1. The van der Waals surface area contributed by atoms with Crippen molar-refractivity contribution in [3.63, 3.8) is 0 Å². The topological polar surface area (TPSA) is 20.3 Å². The molecule has 0 saturated heterocycles. The number of carbonyl (C=O) groups is 1. The van der Waals surface area contributed by atoms with E-state index in [1.165, 1.54) is 0 Å². The molecule has 2 heteroatoms. The van der Waals surface area contributed by atoms with Crippen LogP contribution in [-0.4, -0.2) is 5.91 Å². The van der Waals surface area contributed by atoms with Crippen molar-refractivity contribution in [2.75, 3.05) is 4.90 Å². The summed E-state index contributed by atoms with van der Waals surface area (Å²) in [6.07, 6.45) is 3.82. The quantitative estimate of drug-likeness (QED) is 0.682. The van der Waals surface area contributed by atoms with Crippen LogP contribution in [0, 0.1) is 0 Å². The second kappa shape index (κ2) is 4.15. The molecule has 0 N–H and O–H groups in total. The fourth-order valence-corrected chi connectivity index (χ4v) is 2.31. The summed E-state index contributed by atoms with van der Waals surface area (Å²) in [4.78, 5) is 13.4. The van der Waals surface area contributed by atoms with Gasteiger partial charge in [0.25, 0.3) is 0 Å². The third-order valence-electron chi connectivity index (χ3n) is 3.16. The van der Waals surface area contributed by atoms with E-state index in [1.54, 1.807) is 11.8 Å². The van der Waals surface area contributed by atoms with Crippen molar-refractivity contribution in [2.45, 2.75) is 6.92 Å². The molecule has 0 aliphatic carbocycles. The third-order valence-corrected chi connectivity index (χ3v) is 3.16. The molecule has 3 rings (SSSR count). The van der Waals surface area contributed by atoms with Crippen molar-refractivity contribution in [2.24, 2.45) is 0 Å². The molecule has 0 fully saturated rings. The van der Waals surface area contributed by atoms with Gasteiger partial charge in [0.1, 0.15) is 0 Å². The van der Waals surface area contributed by atoms with Crippen LogP contribution in [0.2, 0.25) is 0 Å².